The third-order valence-electron chi connectivity index (χ3n) is 2.18. The van der Waals surface area contributed by atoms with Crippen LogP contribution in [-0.4, -0.2) is 5.78 Å². The number of carbonyl (C=O) groups is 1. The quantitative estimate of drug-likeness (QED) is 0.553. The van der Waals surface area contributed by atoms with E-state index in [0.717, 1.165) is 19.3 Å². The molecule has 0 aromatic carbocycles. The van der Waals surface area contributed by atoms with Crippen molar-refractivity contribution in [1.29, 1.82) is 0 Å². The predicted molar refractivity (Wildman–Crippen MR) is 46.3 cm³/mol. The van der Waals surface area contributed by atoms with Crippen LogP contribution in [0.25, 0.3) is 0 Å². The van der Waals surface area contributed by atoms with Crippen LogP contribution in [0.2, 0.25) is 0 Å². The fourth-order valence-electron chi connectivity index (χ4n) is 1.39. The molecule has 0 saturated heterocycles. The van der Waals surface area contributed by atoms with E-state index in [1.54, 1.807) is 6.08 Å². The normalized spacial score (nSPS) is 24.6. The summed E-state index contributed by atoms with van der Waals surface area (Å²) in [7, 11) is 0. The Balaban J connectivity index is 2.70. The number of ketones is 1. The molecule has 1 heteroatoms. The van der Waals surface area contributed by atoms with Gasteiger partial charge in [0.2, 0.25) is 0 Å². The molecule has 0 amide bonds. The molecule has 0 unspecified atom stereocenters. The van der Waals surface area contributed by atoms with E-state index in [1.165, 1.54) is 5.57 Å². The van der Waals surface area contributed by atoms with Crippen molar-refractivity contribution < 1.29 is 4.79 Å². The van der Waals surface area contributed by atoms with Crippen LogP contribution in [0.5, 0.6) is 0 Å². The molecule has 11 heavy (non-hydrogen) atoms. The van der Waals surface area contributed by atoms with Gasteiger partial charge in [-0.2, -0.15) is 0 Å². The lowest BCUT2D eigenvalue weighted by Gasteiger charge is -2.18. The maximum absolute atomic E-state index is 11.0. The molecule has 1 aliphatic carbocycles. The topological polar surface area (TPSA) is 17.1 Å². The Morgan fingerprint density at radius 1 is 1.82 bits per heavy atom. The highest BCUT2D eigenvalue weighted by atomic mass is 16.1. The summed E-state index contributed by atoms with van der Waals surface area (Å²) < 4.78 is 0. The monoisotopic (exact) mass is 150 g/mol. The molecule has 0 radical (unpaired) electrons. The SMILES string of the molecule is C=CCC1=CC(=O)CC[C@@H]1C. The first-order valence-corrected chi connectivity index (χ1v) is 4.08. The molecule has 1 rings (SSSR count). The zero-order valence-corrected chi connectivity index (χ0v) is 6.97. The molecule has 0 bridgehead atoms. The van der Waals surface area contributed by atoms with Crippen LogP contribution in [0.15, 0.2) is 24.3 Å². The van der Waals surface area contributed by atoms with Crippen LogP contribution >= 0.6 is 0 Å². The van der Waals surface area contributed by atoms with Crippen molar-refractivity contribution in [3.8, 4) is 0 Å². The average molecular weight is 150 g/mol. The third kappa shape index (κ3) is 2.04. The second kappa shape index (κ2) is 3.51. The second-order valence-electron chi connectivity index (χ2n) is 3.12. The van der Waals surface area contributed by atoms with Gasteiger partial charge in [-0.1, -0.05) is 18.6 Å². The number of hydrogen-bond donors (Lipinski definition) is 0. The van der Waals surface area contributed by atoms with E-state index in [4.69, 9.17) is 0 Å². The zero-order chi connectivity index (χ0) is 8.27. The van der Waals surface area contributed by atoms with Gasteiger partial charge in [0.1, 0.15) is 0 Å². The Morgan fingerprint density at radius 2 is 2.55 bits per heavy atom. The van der Waals surface area contributed by atoms with Crippen LogP contribution in [0.3, 0.4) is 0 Å². The first-order valence-electron chi connectivity index (χ1n) is 4.08. The summed E-state index contributed by atoms with van der Waals surface area (Å²) in [6, 6.07) is 0. The predicted octanol–water partition coefficient (Wildman–Crippen LogP) is 2.49. The van der Waals surface area contributed by atoms with Crippen molar-refractivity contribution in [2.75, 3.05) is 0 Å². The highest BCUT2D eigenvalue weighted by Crippen LogP contribution is 2.24. The zero-order valence-electron chi connectivity index (χ0n) is 6.97. The Kier molecular flexibility index (Phi) is 2.64. The number of hydrogen-bond acceptors (Lipinski definition) is 1. The van der Waals surface area contributed by atoms with Crippen LogP contribution in [0.4, 0.5) is 0 Å². The van der Waals surface area contributed by atoms with Crippen molar-refractivity contribution in [2.24, 2.45) is 5.92 Å². The van der Waals surface area contributed by atoms with Gasteiger partial charge in [0.25, 0.3) is 0 Å². The molecule has 1 nitrogen and oxygen atoms in total. The number of rotatable bonds is 2. The standard InChI is InChI=1S/C10H14O/c1-3-4-9-7-10(11)6-5-8(9)2/h3,7-8H,1,4-6H2,2H3/t8-/m0/s1. The van der Waals surface area contributed by atoms with Crippen molar-refractivity contribution in [3.63, 3.8) is 0 Å². The minimum absolute atomic E-state index is 0.278. The summed E-state index contributed by atoms with van der Waals surface area (Å²) in [5.41, 5.74) is 1.25. The smallest absolute Gasteiger partial charge is 0.155 e. The van der Waals surface area contributed by atoms with E-state index in [1.807, 2.05) is 6.08 Å². The van der Waals surface area contributed by atoms with Crippen LogP contribution < -0.4 is 0 Å². The van der Waals surface area contributed by atoms with Crippen molar-refractivity contribution in [3.05, 3.63) is 24.3 Å². The average Bonchev–Trinajstić information content (AvgIpc) is 1.98. The summed E-state index contributed by atoms with van der Waals surface area (Å²) in [5.74, 6) is 0.852. The van der Waals surface area contributed by atoms with Gasteiger partial charge in [-0.25, -0.2) is 0 Å². The molecule has 0 aromatic heterocycles. The molecule has 1 atom stereocenters. The molecule has 0 spiro atoms. The highest BCUT2D eigenvalue weighted by molar-refractivity contribution is 5.91. The van der Waals surface area contributed by atoms with E-state index in [2.05, 4.69) is 13.5 Å². The van der Waals surface area contributed by atoms with Gasteiger partial charge < -0.3 is 0 Å². The van der Waals surface area contributed by atoms with E-state index < -0.39 is 0 Å². The van der Waals surface area contributed by atoms with Gasteiger partial charge in [-0.3, -0.25) is 4.79 Å². The summed E-state index contributed by atoms with van der Waals surface area (Å²) in [4.78, 5) is 11.0. The lowest BCUT2D eigenvalue weighted by atomic mass is 9.87. The fourth-order valence-corrected chi connectivity index (χ4v) is 1.39. The summed E-state index contributed by atoms with van der Waals surface area (Å²) in [6.07, 6.45) is 6.25. The van der Waals surface area contributed by atoms with Crippen molar-refractivity contribution >= 4 is 5.78 Å². The molecule has 0 saturated carbocycles. The maximum Gasteiger partial charge on any atom is 0.155 e. The largest absolute Gasteiger partial charge is 0.295 e. The van der Waals surface area contributed by atoms with E-state index in [0.29, 0.717) is 5.92 Å². The maximum atomic E-state index is 11.0. The summed E-state index contributed by atoms with van der Waals surface area (Å²) in [6.45, 7) is 5.83. The van der Waals surface area contributed by atoms with Gasteiger partial charge >= 0.3 is 0 Å². The van der Waals surface area contributed by atoms with Gasteiger partial charge in [0.05, 0.1) is 0 Å². The molecule has 0 aliphatic heterocycles. The minimum atomic E-state index is 0.278. The van der Waals surface area contributed by atoms with Crippen LogP contribution in [0, 0.1) is 5.92 Å². The Hall–Kier alpha value is -0.850. The molecule has 0 N–H and O–H groups in total. The third-order valence-corrected chi connectivity index (χ3v) is 2.18. The van der Waals surface area contributed by atoms with E-state index in [9.17, 15) is 4.79 Å². The van der Waals surface area contributed by atoms with Gasteiger partial charge in [-0.15, -0.1) is 6.58 Å². The minimum Gasteiger partial charge on any atom is -0.295 e. The Morgan fingerprint density at radius 3 is 3.18 bits per heavy atom. The Labute approximate surface area is 67.8 Å². The van der Waals surface area contributed by atoms with Crippen LogP contribution in [-0.2, 0) is 4.79 Å². The molecule has 0 heterocycles. The molecule has 1 aliphatic rings. The van der Waals surface area contributed by atoms with Gasteiger partial charge in [0, 0.05) is 6.42 Å². The fraction of sp³-hybridized carbons (Fsp3) is 0.500. The summed E-state index contributed by atoms with van der Waals surface area (Å²) in [5, 5.41) is 0. The molecule has 0 aromatic rings. The summed E-state index contributed by atoms with van der Waals surface area (Å²) >= 11 is 0. The lowest BCUT2D eigenvalue weighted by molar-refractivity contribution is -0.115. The second-order valence-corrected chi connectivity index (χ2v) is 3.12. The molecular weight excluding hydrogens is 136 g/mol. The van der Waals surface area contributed by atoms with E-state index in [-0.39, 0.29) is 5.78 Å². The van der Waals surface area contributed by atoms with Gasteiger partial charge in [0.15, 0.2) is 5.78 Å². The lowest BCUT2D eigenvalue weighted by Crippen LogP contribution is -2.10. The van der Waals surface area contributed by atoms with Crippen LogP contribution in [0.1, 0.15) is 26.2 Å². The highest BCUT2D eigenvalue weighted by Gasteiger charge is 2.15. The molecule has 0 fully saturated rings. The van der Waals surface area contributed by atoms with E-state index >= 15 is 0 Å². The molecule has 60 valence electrons. The number of carbonyl (C=O) groups excluding carboxylic acids is 1. The molecular formula is C10H14O. The Bertz CT molecular complexity index is 201. The van der Waals surface area contributed by atoms with Gasteiger partial charge in [-0.05, 0) is 24.8 Å². The number of allylic oxidation sites excluding steroid dienone is 3. The first kappa shape index (κ1) is 8.25. The van der Waals surface area contributed by atoms with Crippen molar-refractivity contribution in [2.45, 2.75) is 26.2 Å². The first-order chi connectivity index (χ1) is 5.24. The van der Waals surface area contributed by atoms with Crippen molar-refractivity contribution in [1.82, 2.24) is 0 Å².